The maximum atomic E-state index is 10.9. The standard InChI is InChI=1S/C11H10N4O3/c1-7-2-3-8(15(16)17)9(6-7)18-11-13-5-4-10(12)14-11/h2-6H,1H3,(H2,12,13,14). The number of ether oxygens (including phenoxy) is 1. The second-order valence-electron chi connectivity index (χ2n) is 3.59. The van der Waals surface area contributed by atoms with Gasteiger partial charge in [-0.25, -0.2) is 4.98 Å². The van der Waals surface area contributed by atoms with Crippen LogP contribution in [0.25, 0.3) is 0 Å². The third kappa shape index (κ3) is 2.51. The zero-order valence-electron chi connectivity index (χ0n) is 9.53. The third-order valence-corrected chi connectivity index (χ3v) is 2.17. The van der Waals surface area contributed by atoms with Crippen molar-refractivity contribution >= 4 is 11.5 Å². The Morgan fingerprint density at radius 3 is 2.83 bits per heavy atom. The van der Waals surface area contributed by atoms with E-state index in [1.54, 1.807) is 19.1 Å². The number of hydrogen-bond acceptors (Lipinski definition) is 6. The molecular weight excluding hydrogens is 236 g/mol. The molecule has 0 saturated carbocycles. The van der Waals surface area contributed by atoms with E-state index in [4.69, 9.17) is 10.5 Å². The van der Waals surface area contributed by atoms with E-state index in [0.717, 1.165) is 5.56 Å². The monoisotopic (exact) mass is 246 g/mol. The van der Waals surface area contributed by atoms with E-state index in [1.807, 2.05) is 0 Å². The highest BCUT2D eigenvalue weighted by Gasteiger charge is 2.16. The third-order valence-electron chi connectivity index (χ3n) is 2.17. The van der Waals surface area contributed by atoms with Crippen molar-refractivity contribution in [2.45, 2.75) is 6.92 Å². The largest absolute Gasteiger partial charge is 0.417 e. The second-order valence-corrected chi connectivity index (χ2v) is 3.59. The number of rotatable bonds is 3. The summed E-state index contributed by atoms with van der Waals surface area (Å²) in [5.74, 6) is 0.320. The number of nitro groups is 1. The predicted molar refractivity (Wildman–Crippen MR) is 64.4 cm³/mol. The van der Waals surface area contributed by atoms with Gasteiger partial charge in [0, 0.05) is 12.3 Å². The second kappa shape index (κ2) is 4.66. The number of nitro benzene ring substituents is 1. The minimum Gasteiger partial charge on any atom is -0.417 e. The zero-order chi connectivity index (χ0) is 13.1. The van der Waals surface area contributed by atoms with Gasteiger partial charge in [-0.15, -0.1) is 0 Å². The van der Waals surface area contributed by atoms with Gasteiger partial charge in [0.25, 0.3) is 0 Å². The van der Waals surface area contributed by atoms with E-state index in [2.05, 4.69) is 9.97 Å². The summed E-state index contributed by atoms with van der Waals surface area (Å²) in [6, 6.07) is 6.02. The lowest BCUT2D eigenvalue weighted by Gasteiger charge is -2.05. The molecule has 0 bridgehead atoms. The maximum absolute atomic E-state index is 10.9. The lowest BCUT2D eigenvalue weighted by atomic mass is 10.2. The van der Waals surface area contributed by atoms with Crippen molar-refractivity contribution in [2.75, 3.05) is 5.73 Å². The molecule has 0 fully saturated rings. The Balaban J connectivity index is 2.39. The first-order valence-corrected chi connectivity index (χ1v) is 5.07. The Kier molecular flexibility index (Phi) is 3.05. The van der Waals surface area contributed by atoms with Crippen LogP contribution in [0.15, 0.2) is 30.5 Å². The summed E-state index contributed by atoms with van der Waals surface area (Å²) in [4.78, 5) is 18.0. The fraction of sp³-hybridized carbons (Fsp3) is 0.0909. The molecule has 0 aliphatic heterocycles. The molecule has 0 atom stereocenters. The lowest BCUT2D eigenvalue weighted by Crippen LogP contribution is -1.98. The predicted octanol–water partition coefficient (Wildman–Crippen LogP) is 2.07. The highest BCUT2D eigenvalue weighted by atomic mass is 16.6. The zero-order valence-corrected chi connectivity index (χ0v) is 9.53. The van der Waals surface area contributed by atoms with Crippen LogP contribution in [0, 0.1) is 17.0 Å². The van der Waals surface area contributed by atoms with Gasteiger partial charge in [-0.1, -0.05) is 6.07 Å². The van der Waals surface area contributed by atoms with E-state index in [-0.39, 0.29) is 23.3 Å². The van der Waals surface area contributed by atoms with Gasteiger partial charge in [-0.05, 0) is 24.6 Å². The van der Waals surface area contributed by atoms with Gasteiger partial charge < -0.3 is 10.5 Å². The van der Waals surface area contributed by atoms with Crippen molar-refractivity contribution in [3.8, 4) is 11.8 Å². The summed E-state index contributed by atoms with van der Waals surface area (Å²) in [5.41, 5.74) is 6.16. The van der Waals surface area contributed by atoms with Gasteiger partial charge in [0.2, 0.25) is 5.75 Å². The molecule has 7 heteroatoms. The summed E-state index contributed by atoms with van der Waals surface area (Å²) in [7, 11) is 0. The van der Waals surface area contributed by atoms with Crippen molar-refractivity contribution in [1.82, 2.24) is 9.97 Å². The number of nitrogen functional groups attached to an aromatic ring is 1. The number of hydrogen-bond donors (Lipinski definition) is 1. The fourth-order valence-corrected chi connectivity index (χ4v) is 1.36. The number of aryl methyl sites for hydroxylation is 1. The fourth-order valence-electron chi connectivity index (χ4n) is 1.36. The smallest absolute Gasteiger partial charge is 0.324 e. The number of nitrogens with two attached hydrogens (primary N) is 1. The molecule has 1 heterocycles. The topological polar surface area (TPSA) is 104 Å². The minimum atomic E-state index is -0.527. The molecule has 0 aliphatic carbocycles. The van der Waals surface area contributed by atoms with E-state index in [0.29, 0.717) is 0 Å². The lowest BCUT2D eigenvalue weighted by molar-refractivity contribution is -0.385. The van der Waals surface area contributed by atoms with Crippen molar-refractivity contribution < 1.29 is 9.66 Å². The number of aromatic nitrogens is 2. The van der Waals surface area contributed by atoms with Crippen LogP contribution in [0.5, 0.6) is 11.8 Å². The number of anilines is 1. The first kappa shape index (κ1) is 11.8. The van der Waals surface area contributed by atoms with Gasteiger partial charge in [0.15, 0.2) is 0 Å². The molecular formula is C11H10N4O3. The number of benzene rings is 1. The average molecular weight is 246 g/mol. The molecule has 1 aromatic heterocycles. The minimum absolute atomic E-state index is 0.0244. The average Bonchev–Trinajstić information content (AvgIpc) is 2.28. The van der Waals surface area contributed by atoms with Gasteiger partial charge in [0.1, 0.15) is 5.82 Å². The molecule has 92 valence electrons. The Morgan fingerprint density at radius 1 is 1.39 bits per heavy atom. The van der Waals surface area contributed by atoms with Crippen LogP contribution < -0.4 is 10.5 Å². The van der Waals surface area contributed by atoms with Gasteiger partial charge in [0.05, 0.1) is 4.92 Å². The summed E-state index contributed by atoms with van der Waals surface area (Å²) < 4.78 is 5.29. The van der Waals surface area contributed by atoms with E-state index >= 15 is 0 Å². The molecule has 1 aromatic carbocycles. The summed E-state index contributed by atoms with van der Waals surface area (Å²) in [6.07, 6.45) is 1.42. The van der Waals surface area contributed by atoms with E-state index in [1.165, 1.54) is 18.3 Å². The van der Waals surface area contributed by atoms with Crippen molar-refractivity contribution in [1.29, 1.82) is 0 Å². The summed E-state index contributed by atoms with van der Waals surface area (Å²) in [6.45, 7) is 1.80. The van der Waals surface area contributed by atoms with Gasteiger partial charge >= 0.3 is 11.7 Å². The van der Waals surface area contributed by atoms with Gasteiger partial charge in [-0.3, -0.25) is 10.1 Å². The molecule has 0 amide bonds. The van der Waals surface area contributed by atoms with Crippen LogP contribution in [0.4, 0.5) is 11.5 Å². The van der Waals surface area contributed by atoms with Crippen LogP contribution in [-0.2, 0) is 0 Å². The molecule has 0 unspecified atom stereocenters. The number of nitrogens with zero attached hydrogens (tertiary/aromatic N) is 3. The normalized spacial score (nSPS) is 10.1. The van der Waals surface area contributed by atoms with E-state index < -0.39 is 4.92 Å². The Labute approximate surface area is 102 Å². The molecule has 0 aliphatic rings. The molecule has 2 rings (SSSR count). The maximum Gasteiger partial charge on any atom is 0.324 e. The first-order valence-electron chi connectivity index (χ1n) is 5.07. The van der Waals surface area contributed by atoms with Crippen LogP contribution in [-0.4, -0.2) is 14.9 Å². The highest BCUT2D eigenvalue weighted by Crippen LogP contribution is 2.30. The molecule has 0 radical (unpaired) electrons. The Morgan fingerprint density at radius 2 is 2.17 bits per heavy atom. The van der Waals surface area contributed by atoms with Gasteiger partial charge in [-0.2, -0.15) is 4.98 Å². The molecule has 2 aromatic rings. The summed E-state index contributed by atoms with van der Waals surface area (Å²) >= 11 is 0. The summed E-state index contributed by atoms with van der Waals surface area (Å²) in [5, 5.41) is 10.9. The quantitative estimate of drug-likeness (QED) is 0.656. The highest BCUT2D eigenvalue weighted by molar-refractivity contribution is 5.49. The SMILES string of the molecule is Cc1ccc([N+](=O)[O-])c(Oc2nccc(N)n2)c1. The van der Waals surface area contributed by atoms with Crippen molar-refractivity contribution in [2.24, 2.45) is 0 Å². The Hall–Kier alpha value is -2.70. The van der Waals surface area contributed by atoms with Crippen LogP contribution in [0.2, 0.25) is 0 Å². The molecule has 0 saturated heterocycles. The Bertz CT molecular complexity index is 601. The molecule has 7 nitrogen and oxygen atoms in total. The first-order chi connectivity index (χ1) is 8.56. The molecule has 0 spiro atoms. The van der Waals surface area contributed by atoms with E-state index in [9.17, 15) is 10.1 Å². The molecule has 18 heavy (non-hydrogen) atoms. The van der Waals surface area contributed by atoms with Crippen molar-refractivity contribution in [3.63, 3.8) is 0 Å². The van der Waals surface area contributed by atoms with Crippen LogP contribution in [0.3, 0.4) is 0 Å². The van der Waals surface area contributed by atoms with Crippen LogP contribution in [0.1, 0.15) is 5.56 Å². The molecule has 2 N–H and O–H groups in total. The van der Waals surface area contributed by atoms with Crippen LogP contribution >= 0.6 is 0 Å². The van der Waals surface area contributed by atoms with Crippen molar-refractivity contribution in [3.05, 3.63) is 46.1 Å².